The third-order valence-corrected chi connectivity index (χ3v) is 6.11. The normalized spacial score (nSPS) is 15.6. The summed E-state index contributed by atoms with van der Waals surface area (Å²) < 4.78 is 5.40. The molecule has 156 valence electrons. The molecule has 1 atom stereocenters. The van der Waals surface area contributed by atoms with Gasteiger partial charge in [0.15, 0.2) is 0 Å². The average molecular weight is 422 g/mol. The molecular formula is C24H27N3O2S. The van der Waals surface area contributed by atoms with Crippen LogP contribution in [0.25, 0.3) is 0 Å². The Morgan fingerprint density at radius 2 is 1.77 bits per heavy atom. The van der Waals surface area contributed by atoms with Crippen molar-refractivity contribution in [3.63, 3.8) is 0 Å². The monoisotopic (exact) mass is 421 g/mol. The fraction of sp³-hybridized carbons (Fsp3) is 0.292. The van der Waals surface area contributed by atoms with Crippen LogP contribution in [0.3, 0.4) is 0 Å². The van der Waals surface area contributed by atoms with Crippen LogP contribution in [0.5, 0.6) is 0 Å². The number of hydrogen-bond acceptors (Lipinski definition) is 5. The summed E-state index contributed by atoms with van der Waals surface area (Å²) in [5, 5.41) is 8.46. The Bertz CT molecular complexity index is 907. The number of ether oxygens (including phenoxy) is 1. The molecule has 1 amide bonds. The molecule has 2 heterocycles. The second kappa shape index (κ2) is 10.5. The predicted octanol–water partition coefficient (Wildman–Crippen LogP) is 3.90. The van der Waals surface area contributed by atoms with E-state index in [1.54, 1.807) is 11.3 Å². The number of morpholine rings is 1. The van der Waals surface area contributed by atoms with Crippen LogP contribution >= 0.6 is 11.3 Å². The molecular weight excluding hydrogens is 394 g/mol. The largest absolute Gasteiger partial charge is 0.379 e. The standard InChI is InChI=1S/C24H27N3O2S/c28-23(17-25-24(22-7-4-16-30-22)20-5-2-1-3-6-20)26-21-10-8-19(9-11-21)18-27-12-14-29-15-13-27/h1-11,16,24-25H,12-15,17-18H2,(H,26,28)/t24-/m0/s1. The van der Waals surface area contributed by atoms with Crippen molar-refractivity contribution in [2.24, 2.45) is 0 Å². The molecule has 3 aromatic rings. The lowest BCUT2D eigenvalue weighted by molar-refractivity contribution is -0.115. The Morgan fingerprint density at radius 3 is 2.47 bits per heavy atom. The zero-order valence-corrected chi connectivity index (χ0v) is 17.7. The van der Waals surface area contributed by atoms with Crippen molar-refractivity contribution in [3.8, 4) is 0 Å². The third kappa shape index (κ3) is 5.77. The lowest BCUT2D eigenvalue weighted by Crippen LogP contribution is -2.35. The number of nitrogens with one attached hydrogen (secondary N) is 2. The van der Waals surface area contributed by atoms with Crippen molar-refractivity contribution in [2.45, 2.75) is 12.6 Å². The first kappa shape index (κ1) is 20.8. The van der Waals surface area contributed by atoms with Gasteiger partial charge in [-0.05, 0) is 34.7 Å². The number of nitrogens with zero attached hydrogens (tertiary/aromatic N) is 1. The number of thiophene rings is 1. The van der Waals surface area contributed by atoms with E-state index in [0.717, 1.165) is 44.1 Å². The van der Waals surface area contributed by atoms with Crippen molar-refractivity contribution in [3.05, 3.63) is 88.1 Å². The highest BCUT2D eigenvalue weighted by atomic mass is 32.1. The quantitative estimate of drug-likeness (QED) is 0.579. The van der Waals surface area contributed by atoms with E-state index in [9.17, 15) is 4.79 Å². The van der Waals surface area contributed by atoms with Crippen LogP contribution < -0.4 is 10.6 Å². The van der Waals surface area contributed by atoms with Gasteiger partial charge >= 0.3 is 0 Å². The van der Waals surface area contributed by atoms with Crippen LogP contribution in [0.4, 0.5) is 5.69 Å². The first-order valence-corrected chi connectivity index (χ1v) is 11.2. The average Bonchev–Trinajstić information content (AvgIpc) is 3.31. The highest BCUT2D eigenvalue weighted by molar-refractivity contribution is 7.10. The molecule has 4 rings (SSSR count). The van der Waals surface area contributed by atoms with Gasteiger partial charge in [0, 0.05) is 30.2 Å². The molecule has 0 radical (unpaired) electrons. The van der Waals surface area contributed by atoms with E-state index in [4.69, 9.17) is 4.74 Å². The number of anilines is 1. The van der Waals surface area contributed by atoms with Crippen molar-refractivity contribution in [1.82, 2.24) is 10.2 Å². The minimum Gasteiger partial charge on any atom is -0.379 e. The van der Waals surface area contributed by atoms with Crippen LogP contribution in [-0.4, -0.2) is 43.7 Å². The maximum atomic E-state index is 12.5. The van der Waals surface area contributed by atoms with Crippen LogP contribution in [-0.2, 0) is 16.1 Å². The van der Waals surface area contributed by atoms with Gasteiger partial charge in [0.05, 0.1) is 25.8 Å². The zero-order chi connectivity index (χ0) is 20.6. The Morgan fingerprint density at radius 1 is 1.00 bits per heavy atom. The minimum absolute atomic E-state index is 0.00727. The zero-order valence-electron chi connectivity index (χ0n) is 16.9. The summed E-state index contributed by atoms with van der Waals surface area (Å²) >= 11 is 1.69. The highest BCUT2D eigenvalue weighted by Gasteiger charge is 2.16. The number of benzene rings is 2. The second-order valence-electron chi connectivity index (χ2n) is 7.37. The summed E-state index contributed by atoms with van der Waals surface area (Å²) in [4.78, 5) is 16.1. The molecule has 1 fully saturated rings. The summed E-state index contributed by atoms with van der Waals surface area (Å²) in [6.45, 7) is 4.70. The van der Waals surface area contributed by atoms with Gasteiger partial charge < -0.3 is 10.1 Å². The molecule has 6 heteroatoms. The number of carbonyl (C=O) groups is 1. The lowest BCUT2D eigenvalue weighted by atomic mass is 10.1. The Hall–Kier alpha value is -2.51. The van der Waals surface area contributed by atoms with E-state index < -0.39 is 0 Å². The first-order chi connectivity index (χ1) is 14.8. The Labute approximate surface area is 181 Å². The van der Waals surface area contributed by atoms with Gasteiger partial charge in [0.25, 0.3) is 0 Å². The summed E-state index contributed by atoms with van der Waals surface area (Å²) in [6, 6.07) is 22.5. The van der Waals surface area contributed by atoms with Crippen LogP contribution in [0.1, 0.15) is 22.0 Å². The first-order valence-electron chi connectivity index (χ1n) is 10.3. The lowest BCUT2D eigenvalue weighted by Gasteiger charge is -2.26. The molecule has 1 aromatic heterocycles. The molecule has 5 nitrogen and oxygen atoms in total. The number of carbonyl (C=O) groups excluding carboxylic acids is 1. The van der Waals surface area contributed by atoms with Gasteiger partial charge in [-0.15, -0.1) is 11.3 Å². The van der Waals surface area contributed by atoms with Crippen LogP contribution in [0.2, 0.25) is 0 Å². The topological polar surface area (TPSA) is 53.6 Å². The van der Waals surface area contributed by atoms with Crippen molar-refractivity contribution < 1.29 is 9.53 Å². The van der Waals surface area contributed by atoms with E-state index in [0.29, 0.717) is 0 Å². The molecule has 0 unspecified atom stereocenters. The minimum atomic E-state index is -0.0478. The second-order valence-corrected chi connectivity index (χ2v) is 8.35. The summed E-state index contributed by atoms with van der Waals surface area (Å²) in [5.41, 5.74) is 3.22. The van der Waals surface area contributed by atoms with E-state index in [1.165, 1.54) is 10.4 Å². The summed E-state index contributed by atoms with van der Waals surface area (Å²) in [6.07, 6.45) is 0. The van der Waals surface area contributed by atoms with Gasteiger partial charge in [-0.2, -0.15) is 0 Å². The van der Waals surface area contributed by atoms with Gasteiger partial charge in [-0.3, -0.25) is 15.0 Å². The molecule has 1 saturated heterocycles. The smallest absolute Gasteiger partial charge is 0.238 e. The highest BCUT2D eigenvalue weighted by Crippen LogP contribution is 2.25. The number of hydrogen-bond donors (Lipinski definition) is 2. The molecule has 1 aliphatic rings. The Kier molecular flexibility index (Phi) is 7.26. The van der Waals surface area contributed by atoms with E-state index in [1.807, 2.05) is 36.4 Å². The van der Waals surface area contributed by atoms with Gasteiger partial charge in [-0.1, -0.05) is 48.5 Å². The van der Waals surface area contributed by atoms with Gasteiger partial charge in [0.2, 0.25) is 5.91 Å². The SMILES string of the molecule is O=C(CN[C@@H](c1ccccc1)c1cccs1)Nc1ccc(CN2CCOCC2)cc1. The van der Waals surface area contributed by atoms with Crippen molar-refractivity contribution in [2.75, 3.05) is 38.2 Å². The van der Waals surface area contributed by atoms with E-state index in [-0.39, 0.29) is 18.5 Å². The number of rotatable bonds is 8. The van der Waals surface area contributed by atoms with Crippen molar-refractivity contribution >= 4 is 22.9 Å². The number of amides is 1. The molecule has 1 aliphatic heterocycles. The fourth-order valence-electron chi connectivity index (χ4n) is 3.59. The molecule has 2 aromatic carbocycles. The third-order valence-electron chi connectivity index (χ3n) is 5.17. The molecule has 0 aliphatic carbocycles. The Balaban J connectivity index is 1.31. The van der Waals surface area contributed by atoms with Crippen LogP contribution in [0, 0.1) is 0 Å². The maximum Gasteiger partial charge on any atom is 0.238 e. The predicted molar refractivity (Wildman–Crippen MR) is 122 cm³/mol. The summed E-state index contributed by atoms with van der Waals surface area (Å²) in [7, 11) is 0. The van der Waals surface area contributed by atoms with E-state index in [2.05, 4.69) is 51.2 Å². The fourth-order valence-corrected chi connectivity index (χ4v) is 4.42. The van der Waals surface area contributed by atoms with Crippen LogP contribution in [0.15, 0.2) is 72.1 Å². The molecule has 0 saturated carbocycles. The maximum absolute atomic E-state index is 12.5. The summed E-state index contributed by atoms with van der Waals surface area (Å²) in [5.74, 6) is -0.0478. The molecule has 0 bridgehead atoms. The van der Waals surface area contributed by atoms with Crippen molar-refractivity contribution in [1.29, 1.82) is 0 Å². The molecule has 2 N–H and O–H groups in total. The van der Waals surface area contributed by atoms with E-state index >= 15 is 0 Å². The van der Waals surface area contributed by atoms with Gasteiger partial charge in [0.1, 0.15) is 0 Å². The molecule has 30 heavy (non-hydrogen) atoms. The molecule has 0 spiro atoms. The van der Waals surface area contributed by atoms with Gasteiger partial charge in [-0.25, -0.2) is 0 Å².